The number of fused-ring (bicyclic) bond motifs is 1. The number of aliphatic hydroxyl groups excluding tert-OH is 1. The van der Waals surface area contributed by atoms with Gasteiger partial charge in [-0.05, 0) is 43.9 Å². The summed E-state index contributed by atoms with van der Waals surface area (Å²) in [4.78, 5) is 0.208. The minimum atomic E-state index is -3.74. The summed E-state index contributed by atoms with van der Waals surface area (Å²) in [5.74, 6) is 1.17. The van der Waals surface area contributed by atoms with Gasteiger partial charge in [-0.25, -0.2) is 0 Å². The van der Waals surface area contributed by atoms with Crippen LogP contribution in [0.1, 0.15) is 51.5 Å². The molecule has 2 rings (SSSR count). The van der Waals surface area contributed by atoms with Gasteiger partial charge in [0.25, 0.3) is 0 Å². The summed E-state index contributed by atoms with van der Waals surface area (Å²) in [5.41, 5.74) is 1.60. The van der Waals surface area contributed by atoms with Gasteiger partial charge < -0.3 is 14.0 Å². The molecule has 0 spiro atoms. The van der Waals surface area contributed by atoms with Gasteiger partial charge in [0.15, 0.2) is 0 Å². The molecule has 5 nitrogen and oxygen atoms in total. The van der Waals surface area contributed by atoms with E-state index in [0.29, 0.717) is 36.5 Å². The van der Waals surface area contributed by atoms with Crippen LogP contribution in [0.2, 0.25) is 0 Å². The van der Waals surface area contributed by atoms with E-state index < -0.39 is 10.1 Å². The molecular weight excluding hydrogens is 316 g/mol. The third kappa shape index (κ3) is 4.06. The highest BCUT2D eigenvalue weighted by molar-refractivity contribution is 7.87. The summed E-state index contributed by atoms with van der Waals surface area (Å²) in [7, 11) is -3.74. The third-order valence-corrected chi connectivity index (χ3v) is 5.15. The van der Waals surface area contributed by atoms with Crippen LogP contribution in [-0.4, -0.2) is 26.7 Å². The predicted octanol–water partition coefficient (Wildman–Crippen LogP) is 3.48. The van der Waals surface area contributed by atoms with Crippen LogP contribution in [-0.2, 0) is 14.3 Å². The van der Waals surface area contributed by atoms with E-state index >= 15 is 0 Å². The van der Waals surface area contributed by atoms with Crippen molar-refractivity contribution in [3.05, 3.63) is 29.5 Å². The lowest BCUT2D eigenvalue weighted by molar-refractivity contribution is 0.266. The lowest BCUT2D eigenvalue weighted by atomic mass is 10.0. The lowest BCUT2D eigenvalue weighted by Crippen LogP contribution is -2.15. The molecule has 1 heterocycles. The van der Waals surface area contributed by atoms with Gasteiger partial charge in [0.1, 0.15) is 16.4 Å². The molecule has 1 aliphatic rings. The van der Waals surface area contributed by atoms with Crippen LogP contribution < -0.4 is 4.74 Å². The molecule has 0 fully saturated rings. The van der Waals surface area contributed by atoms with Gasteiger partial charge >= 0.3 is 10.1 Å². The monoisotopic (exact) mass is 340 g/mol. The highest BCUT2D eigenvalue weighted by Gasteiger charge is 2.30. The van der Waals surface area contributed by atoms with Gasteiger partial charge in [-0.3, -0.25) is 0 Å². The van der Waals surface area contributed by atoms with E-state index in [-0.39, 0.29) is 11.5 Å². The van der Waals surface area contributed by atoms with E-state index in [1.165, 1.54) is 0 Å². The first-order valence-electron chi connectivity index (χ1n) is 8.08. The van der Waals surface area contributed by atoms with Crippen LogP contribution in [0, 0.1) is 0 Å². The molecule has 128 valence electrons. The van der Waals surface area contributed by atoms with Crippen molar-refractivity contribution in [2.24, 2.45) is 0 Å². The van der Waals surface area contributed by atoms with Crippen molar-refractivity contribution in [3.8, 4) is 5.75 Å². The maximum absolute atomic E-state index is 12.2. The van der Waals surface area contributed by atoms with Crippen molar-refractivity contribution in [1.29, 1.82) is 0 Å². The molecule has 0 bridgehead atoms. The average Bonchev–Trinajstić information content (AvgIpc) is 2.54. The summed E-state index contributed by atoms with van der Waals surface area (Å²) >= 11 is 0. The summed E-state index contributed by atoms with van der Waals surface area (Å²) in [6, 6.07) is 5.00. The fourth-order valence-electron chi connectivity index (χ4n) is 2.67. The Morgan fingerprint density at radius 1 is 1.13 bits per heavy atom. The highest BCUT2D eigenvalue weighted by Crippen LogP contribution is 2.39. The van der Waals surface area contributed by atoms with Crippen LogP contribution in [0.3, 0.4) is 0 Å². The van der Waals surface area contributed by atoms with Crippen LogP contribution in [0.25, 0.3) is 5.57 Å². The van der Waals surface area contributed by atoms with Crippen molar-refractivity contribution in [2.45, 2.75) is 50.8 Å². The number of benzene rings is 1. The first-order chi connectivity index (χ1) is 11.0. The fraction of sp³-hybridized carbons (Fsp3) is 0.529. The summed E-state index contributed by atoms with van der Waals surface area (Å²) in [6.45, 7) is 4.61. The molecule has 0 aromatic heterocycles. The van der Waals surface area contributed by atoms with Gasteiger partial charge in [0.05, 0.1) is 6.61 Å². The van der Waals surface area contributed by atoms with E-state index in [2.05, 4.69) is 0 Å². The zero-order valence-electron chi connectivity index (χ0n) is 13.7. The van der Waals surface area contributed by atoms with Crippen molar-refractivity contribution in [1.82, 2.24) is 0 Å². The Labute approximate surface area is 138 Å². The topological polar surface area (TPSA) is 72.8 Å². The van der Waals surface area contributed by atoms with Gasteiger partial charge in [0, 0.05) is 24.2 Å². The quantitative estimate of drug-likeness (QED) is 0.579. The van der Waals surface area contributed by atoms with Crippen molar-refractivity contribution < 1.29 is 22.4 Å². The third-order valence-electron chi connectivity index (χ3n) is 3.84. The summed E-state index contributed by atoms with van der Waals surface area (Å²) in [5, 5.41) is 8.75. The SMILES string of the molecule is CCC1=C(CC)c2cc(OCCCCCO)ccc2S(=O)(=O)O1. The Kier molecular flexibility index (Phi) is 6.07. The number of aliphatic hydroxyl groups is 1. The molecule has 1 aromatic rings. The standard InChI is InChI=1S/C17H24O5S/c1-3-14-15-12-13(21-11-7-5-6-10-18)8-9-17(15)23(19,20)22-16(14)4-2/h8-9,12,18H,3-7,10-11H2,1-2H3. The van der Waals surface area contributed by atoms with E-state index in [1.54, 1.807) is 18.2 Å². The summed E-state index contributed by atoms with van der Waals surface area (Å²) < 4.78 is 35.4. The largest absolute Gasteiger partial charge is 0.494 e. The maximum atomic E-state index is 12.2. The second-order valence-electron chi connectivity index (χ2n) is 5.44. The van der Waals surface area contributed by atoms with E-state index in [0.717, 1.165) is 24.8 Å². The molecular formula is C17H24O5S. The fourth-order valence-corrected chi connectivity index (χ4v) is 3.93. The van der Waals surface area contributed by atoms with Crippen LogP contribution in [0.5, 0.6) is 5.75 Å². The first-order valence-corrected chi connectivity index (χ1v) is 9.48. The molecule has 0 saturated heterocycles. The zero-order valence-corrected chi connectivity index (χ0v) is 14.5. The van der Waals surface area contributed by atoms with Gasteiger partial charge in [-0.1, -0.05) is 13.8 Å². The Morgan fingerprint density at radius 3 is 2.57 bits per heavy atom. The normalized spacial score (nSPS) is 16.0. The predicted molar refractivity (Wildman–Crippen MR) is 88.6 cm³/mol. The van der Waals surface area contributed by atoms with Crippen LogP contribution >= 0.6 is 0 Å². The van der Waals surface area contributed by atoms with Gasteiger partial charge in [-0.15, -0.1) is 0 Å². The van der Waals surface area contributed by atoms with E-state index in [4.69, 9.17) is 14.0 Å². The van der Waals surface area contributed by atoms with Crippen molar-refractivity contribution in [3.63, 3.8) is 0 Å². The number of unbranched alkanes of at least 4 members (excludes halogenated alkanes) is 2. The second-order valence-corrected chi connectivity index (χ2v) is 6.95. The molecule has 1 aromatic carbocycles. The molecule has 23 heavy (non-hydrogen) atoms. The first kappa shape index (κ1) is 17.8. The molecule has 0 amide bonds. The number of rotatable bonds is 8. The van der Waals surface area contributed by atoms with Gasteiger partial charge in [0.2, 0.25) is 0 Å². The maximum Gasteiger partial charge on any atom is 0.339 e. The molecule has 1 aliphatic heterocycles. The summed E-state index contributed by atoms with van der Waals surface area (Å²) in [6.07, 6.45) is 3.77. The van der Waals surface area contributed by atoms with E-state index in [1.807, 2.05) is 13.8 Å². The Bertz CT molecular complexity index is 676. The second kappa shape index (κ2) is 7.84. The smallest absolute Gasteiger partial charge is 0.339 e. The highest BCUT2D eigenvalue weighted by atomic mass is 32.2. The van der Waals surface area contributed by atoms with Crippen molar-refractivity contribution >= 4 is 15.7 Å². The molecule has 0 radical (unpaired) electrons. The minimum absolute atomic E-state index is 0.196. The zero-order chi connectivity index (χ0) is 16.9. The Hall–Kier alpha value is -1.53. The number of ether oxygens (including phenoxy) is 1. The van der Waals surface area contributed by atoms with Gasteiger partial charge in [-0.2, -0.15) is 8.42 Å². The number of hydrogen-bond donors (Lipinski definition) is 1. The molecule has 0 atom stereocenters. The molecule has 0 unspecified atom stereocenters. The number of hydrogen-bond acceptors (Lipinski definition) is 5. The Morgan fingerprint density at radius 2 is 1.91 bits per heavy atom. The van der Waals surface area contributed by atoms with Crippen LogP contribution in [0.4, 0.5) is 0 Å². The van der Waals surface area contributed by atoms with Crippen LogP contribution in [0.15, 0.2) is 28.9 Å². The lowest BCUT2D eigenvalue weighted by Gasteiger charge is -2.23. The van der Waals surface area contributed by atoms with E-state index in [9.17, 15) is 8.42 Å². The Balaban J connectivity index is 2.25. The van der Waals surface area contributed by atoms with Crippen molar-refractivity contribution in [2.75, 3.05) is 13.2 Å². The molecule has 6 heteroatoms. The molecule has 0 saturated carbocycles. The molecule has 0 aliphatic carbocycles. The molecule has 1 N–H and O–H groups in total. The number of allylic oxidation sites excluding steroid dienone is 2. The average molecular weight is 340 g/mol. The minimum Gasteiger partial charge on any atom is -0.494 e.